The number of amides is 1. The summed E-state index contributed by atoms with van der Waals surface area (Å²) in [4.78, 5) is 30.9. The Labute approximate surface area is 195 Å². The van der Waals surface area contributed by atoms with Crippen LogP contribution in [0.25, 0.3) is 21.3 Å². The minimum Gasteiger partial charge on any atom is -0.323 e. The van der Waals surface area contributed by atoms with Gasteiger partial charge in [-0.05, 0) is 37.6 Å². The molecule has 1 N–H and O–H groups in total. The van der Waals surface area contributed by atoms with Crippen LogP contribution < -0.4 is 10.9 Å². The molecule has 4 rings (SSSR count). The van der Waals surface area contributed by atoms with E-state index in [2.05, 4.69) is 10.3 Å². The maximum absolute atomic E-state index is 13.3. The lowest BCUT2D eigenvalue weighted by Gasteiger charge is -2.17. The van der Waals surface area contributed by atoms with Gasteiger partial charge in [-0.1, -0.05) is 41.4 Å². The molecule has 0 saturated carbocycles. The lowest BCUT2D eigenvalue weighted by atomic mass is 10.0. The zero-order chi connectivity index (χ0) is 23.9. The summed E-state index contributed by atoms with van der Waals surface area (Å²) in [5.41, 5.74) is 1.06. The number of carbonyl (C=O) groups excluding carboxylic acids is 1. The van der Waals surface area contributed by atoms with Crippen LogP contribution in [0.5, 0.6) is 0 Å². The van der Waals surface area contributed by atoms with Crippen molar-refractivity contribution >= 4 is 44.7 Å². The summed E-state index contributed by atoms with van der Waals surface area (Å²) < 4.78 is 40.2. The molecule has 0 aliphatic carbocycles. The van der Waals surface area contributed by atoms with Crippen LogP contribution >= 0.6 is 22.9 Å². The summed E-state index contributed by atoms with van der Waals surface area (Å²) >= 11 is 7.29. The first-order chi connectivity index (χ1) is 15.6. The van der Waals surface area contributed by atoms with Crippen molar-refractivity contribution in [3.8, 4) is 11.1 Å². The van der Waals surface area contributed by atoms with Crippen LogP contribution in [0.1, 0.15) is 24.1 Å². The third kappa shape index (κ3) is 4.51. The Morgan fingerprint density at radius 2 is 1.88 bits per heavy atom. The van der Waals surface area contributed by atoms with Gasteiger partial charge in [-0.2, -0.15) is 13.2 Å². The summed E-state index contributed by atoms with van der Waals surface area (Å²) in [6, 6.07) is 9.26. The standard InChI is InChI=1S/C23H17ClF3N3O2S/c1-12-3-5-14(6-4-12)16-10-33-21-19(16)22(32)30(11-28-21)13(2)20(31)29-18-9-15(23(25,26)27)7-8-17(18)24/h3-11,13H,1-2H3,(H,29,31). The van der Waals surface area contributed by atoms with E-state index in [1.54, 1.807) is 0 Å². The molecule has 0 radical (unpaired) electrons. The number of halogens is 4. The van der Waals surface area contributed by atoms with Gasteiger partial charge in [0.2, 0.25) is 5.91 Å². The van der Waals surface area contributed by atoms with Crippen LogP contribution in [-0.2, 0) is 11.0 Å². The van der Waals surface area contributed by atoms with Gasteiger partial charge in [0.25, 0.3) is 5.56 Å². The number of nitrogens with zero attached hydrogens (tertiary/aromatic N) is 2. The number of nitrogens with one attached hydrogen (secondary N) is 1. The van der Waals surface area contributed by atoms with Gasteiger partial charge in [0.1, 0.15) is 10.9 Å². The third-order valence-corrected chi connectivity index (χ3v) is 6.45. The Bertz CT molecular complexity index is 1410. The normalized spacial score (nSPS) is 12.7. The number of carbonyl (C=O) groups is 1. The maximum atomic E-state index is 13.3. The molecule has 0 aliphatic rings. The molecule has 0 spiro atoms. The minimum absolute atomic E-state index is 0.0519. The van der Waals surface area contributed by atoms with E-state index in [0.717, 1.165) is 33.9 Å². The smallest absolute Gasteiger partial charge is 0.323 e. The number of alkyl halides is 3. The molecule has 2 aromatic carbocycles. The maximum Gasteiger partial charge on any atom is 0.416 e. The topological polar surface area (TPSA) is 64.0 Å². The van der Waals surface area contributed by atoms with E-state index in [-0.39, 0.29) is 10.7 Å². The fraction of sp³-hybridized carbons (Fsp3) is 0.174. The molecule has 0 bridgehead atoms. The van der Waals surface area contributed by atoms with Crippen molar-refractivity contribution in [2.24, 2.45) is 0 Å². The Morgan fingerprint density at radius 1 is 1.18 bits per heavy atom. The molecule has 0 aliphatic heterocycles. The Balaban J connectivity index is 1.69. The van der Waals surface area contributed by atoms with Crippen molar-refractivity contribution < 1.29 is 18.0 Å². The predicted octanol–water partition coefficient (Wildman–Crippen LogP) is 6.31. The number of aryl methyl sites for hydroxylation is 1. The number of rotatable bonds is 4. The molecule has 10 heteroatoms. The molecular formula is C23H17ClF3N3O2S. The van der Waals surface area contributed by atoms with E-state index < -0.39 is 29.2 Å². The second-order valence-corrected chi connectivity index (χ2v) is 8.78. The molecule has 1 unspecified atom stereocenters. The number of fused-ring (bicyclic) bond motifs is 1. The van der Waals surface area contributed by atoms with Crippen molar-refractivity contribution in [2.45, 2.75) is 26.1 Å². The molecule has 1 amide bonds. The van der Waals surface area contributed by atoms with Crippen molar-refractivity contribution in [2.75, 3.05) is 5.32 Å². The fourth-order valence-corrected chi connectivity index (χ4v) is 4.40. The van der Waals surface area contributed by atoms with E-state index in [4.69, 9.17) is 11.6 Å². The number of thiophene rings is 1. The highest BCUT2D eigenvalue weighted by Crippen LogP contribution is 2.34. The Kier molecular flexibility index (Phi) is 6.02. The van der Waals surface area contributed by atoms with Crippen molar-refractivity contribution in [3.63, 3.8) is 0 Å². The first-order valence-electron chi connectivity index (χ1n) is 9.79. The predicted molar refractivity (Wildman–Crippen MR) is 124 cm³/mol. The average Bonchev–Trinajstić information content (AvgIpc) is 3.20. The van der Waals surface area contributed by atoms with Crippen molar-refractivity contribution in [3.05, 3.63) is 80.7 Å². The molecule has 2 aromatic heterocycles. The molecular weight excluding hydrogens is 475 g/mol. The SMILES string of the molecule is Cc1ccc(-c2csc3ncn(C(C)C(=O)Nc4cc(C(F)(F)F)ccc4Cl)c(=O)c23)cc1. The van der Waals surface area contributed by atoms with E-state index in [1.165, 1.54) is 24.6 Å². The molecule has 170 valence electrons. The van der Waals surface area contributed by atoms with Crippen LogP contribution in [-0.4, -0.2) is 15.5 Å². The van der Waals surface area contributed by atoms with Gasteiger partial charge >= 0.3 is 6.18 Å². The van der Waals surface area contributed by atoms with Gasteiger partial charge in [0.15, 0.2) is 0 Å². The molecule has 2 heterocycles. The molecule has 0 saturated heterocycles. The lowest BCUT2D eigenvalue weighted by molar-refractivity contribution is -0.137. The number of aromatic nitrogens is 2. The molecule has 0 fully saturated rings. The van der Waals surface area contributed by atoms with E-state index in [0.29, 0.717) is 15.8 Å². The molecule has 1 atom stereocenters. The number of benzene rings is 2. The highest BCUT2D eigenvalue weighted by molar-refractivity contribution is 7.17. The van der Waals surface area contributed by atoms with Gasteiger partial charge in [-0.25, -0.2) is 4.98 Å². The minimum atomic E-state index is -4.59. The third-order valence-electron chi connectivity index (χ3n) is 5.23. The van der Waals surface area contributed by atoms with E-state index in [9.17, 15) is 22.8 Å². The quantitative estimate of drug-likeness (QED) is 0.364. The summed E-state index contributed by atoms with van der Waals surface area (Å²) in [5.74, 6) is -0.702. The van der Waals surface area contributed by atoms with Gasteiger partial charge in [-0.3, -0.25) is 14.2 Å². The van der Waals surface area contributed by atoms with Crippen molar-refractivity contribution in [1.82, 2.24) is 9.55 Å². The highest BCUT2D eigenvalue weighted by Gasteiger charge is 2.31. The number of hydrogen-bond acceptors (Lipinski definition) is 4. The second kappa shape index (κ2) is 8.64. The first kappa shape index (κ1) is 23.0. The molecule has 33 heavy (non-hydrogen) atoms. The zero-order valence-corrected chi connectivity index (χ0v) is 19.0. The second-order valence-electron chi connectivity index (χ2n) is 7.51. The summed E-state index contributed by atoms with van der Waals surface area (Å²) in [6.07, 6.45) is -3.33. The largest absolute Gasteiger partial charge is 0.416 e. The Morgan fingerprint density at radius 3 is 2.55 bits per heavy atom. The van der Waals surface area contributed by atoms with Gasteiger partial charge in [-0.15, -0.1) is 11.3 Å². The summed E-state index contributed by atoms with van der Waals surface area (Å²) in [5, 5.41) is 4.55. The number of anilines is 1. The van der Waals surface area contributed by atoms with Crippen LogP contribution in [0.2, 0.25) is 5.02 Å². The van der Waals surface area contributed by atoms with Crippen LogP contribution in [0.15, 0.2) is 59.0 Å². The fourth-order valence-electron chi connectivity index (χ4n) is 3.33. The van der Waals surface area contributed by atoms with E-state index in [1.807, 2.05) is 36.6 Å². The summed E-state index contributed by atoms with van der Waals surface area (Å²) in [6.45, 7) is 3.42. The first-order valence-corrected chi connectivity index (χ1v) is 11.0. The Hall–Kier alpha value is -3.17. The van der Waals surface area contributed by atoms with E-state index >= 15 is 0 Å². The van der Waals surface area contributed by atoms with Gasteiger partial charge in [0.05, 0.1) is 28.0 Å². The highest BCUT2D eigenvalue weighted by atomic mass is 35.5. The summed E-state index contributed by atoms with van der Waals surface area (Å²) in [7, 11) is 0. The molecule has 5 nitrogen and oxygen atoms in total. The van der Waals surface area contributed by atoms with Crippen LogP contribution in [0.3, 0.4) is 0 Å². The zero-order valence-electron chi connectivity index (χ0n) is 17.4. The van der Waals surface area contributed by atoms with Crippen LogP contribution in [0.4, 0.5) is 18.9 Å². The van der Waals surface area contributed by atoms with Crippen LogP contribution in [0, 0.1) is 6.92 Å². The number of hydrogen-bond donors (Lipinski definition) is 1. The van der Waals surface area contributed by atoms with Crippen molar-refractivity contribution in [1.29, 1.82) is 0 Å². The monoisotopic (exact) mass is 491 g/mol. The van der Waals surface area contributed by atoms with Gasteiger partial charge in [0, 0.05) is 10.9 Å². The average molecular weight is 492 g/mol. The molecule has 4 aromatic rings. The van der Waals surface area contributed by atoms with Gasteiger partial charge < -0.3 is 5.32 Å². The lowest BCUT2D eigenvalue weighted by Crippen LogP contribution is -2.31.